The highest BCUT2D eigenvalue weighted by Gasteiger charge is 2.43. The van der Waals surface area contributed by atoms with Gasteiger partial charge in [-0.15, -0.1) is 0 Å². The van der Waals surface area contributed by atoms with E-state index >= 15 is 0 Å². The summed E-state index contributed by atoms with van der Waals surface area (Å²) in [6.45, 7) is 0. The standard InChI is InChI=1S/C10H8N2O4S/c11-8(14)7-9(15)12(10(16)17-7)5-1-3-6(13)4-2-5/h1-4,7,13H,(H2,11,14). The fraction of sp³-hybridized carbons (Fsp3) is 0.100. The monoisotopic (exact) mass is 252 g/mol. The Morgan fingerprint density at radius 1 is 1.29 bits per heavy atom. The lowest BCUT2D eigenvalue weighted by Gasteiger charge is -2.12. The van der Waals surface area contributed by atoms with E-state index in [1.54, 1.807) is 0 Å². The molecule has 3 amide bonds. The number of hydrogen-bond donors (Lipinski definition) is 2. The van der Waals surface area contributed by atoms with Gasteiger partial charge in [0.1, 0.15) is 5.75 Å². The molecule has 0 aliphatic carbocycles. The lowest BCUT2D eigenvalue weighted by Crippen LogP contribution is -2.37. The third kappa shape index (κ3) is 1.96. The second-order valence-corrected chi connectivity index (χ2v) is 4.41. The maximum absolute atomic E-state index is 11.8. The van der Waals surface area contributed by atoms with Crippen LogP contribution >= 0.6 is 11.8 Å². The van der Waals surface area contributed by atoms with Crippen LogP contribution in [0.3, 0.4) is 0 Å². The largest absolute Gasteiger partial charge is 0.508 e. The summed E-state index contributed by atoms with van der Waals surface area (Å²) in [6, 6.07) is 5.51. The van der Waals surface area contributed by atoms with Crippen molar-refractivity contribution in [3.63, 3.8) is 0 Å². The van der Waals surface area contributed by atoms with Gasteiger partial charge >= 0.3 is 0 Å². The second kappa shape index (κ2) is 4.10. The molecule has 1 heterocycles. The van der Waals surface area contributed by atoms with Gasteiger partial charge in [0.2, 0.25) is 5.91 Å². The summed E-state index contributed by atoms with van der Waals surface area (Å²) in [7, 11) is 0. The summed E-state index contributed by atoms with van der Waals surface area (Å²) in [4.78, 5) is 35.2. The van der Waals surface area contributed by atoms with Crippen LogP contribution in [0.4, 0.5) is 10.5 Å². The molecule has 17 heavy (non-hydrogen) atoms. The molecule has 1 atom stereocenters. The van der Waals surface area contributed by atoms with Crippen LogP contribution in [-0.2, 0) is 9.59 Å². The summed E-state index contributed by atoms with van der Waals surface area (Å²) in [5.74, 6) is -1.47. The number of carbonyl (C=O) groups is 3. The number of benzene rings is 1. The molecule has 0 spiro atoms. The summed E-state index contributed by atoms with van der Waals surface area (Å²) in [5.41, 5.74) is 5.32. The number of thioether (sulfide) groups is 1. The minimum absolute atomic E-state index is 0.0203. The molecule has 1 aliphatic rings. The lowest BCUT2D eigenvalue weighted by atomic mass is 10.2. The second-order valence-electron chi connectivity index (χ2n) is 3.36. The van der Waals surface area contributed by atoms with E-state index in [0.29, 0.717) is 17.4 Å². The van der Waals surface area contributed by atoms with Crippen molar-refractivity contribution in [2.24, 2.45) is 5.73 Å². The Kier molecular flexibility index (Phi) is 2.76. The van der Waals surface area contributed by atoms with Gasteiger partial charge < -0.3 is 10.8 Å². The molecule has 3 N–H and O–H groups in total. The van der Waals surface area contributed by atoms with Gasteiger partial charge in [-0.2, -0.15) is 0 Å². The van der Waals surface area contributed by atoms with Gasteiger partial charge in [-0.3, -0.25) is 14.4 Å². The summed E-state index contributed by atoms with van der Waals surface area (Å²) < 4.78 is 0. The number of nitrogens with two attached hydrogens (primary N) is 1. The van der Waals surface area contributed by atoms with Crippen LogP contribution in [0.1, 0.15) is 0 Å². The van der Waals surface area contributed by atoms with Crippen LogP contribution in [0.2, 0.25) is 0 Å². The number of imide groups is 1. The number of phenolic OH excluding ortho intramolecular Hbond substituents is 1. The molecule has 1 saturated heterocycles. The fourth-order valence-corrected chi connectivity index (χ4v) is 2.25. The molecule has 0 bridgehead atoms. The molecule has 2 rings (SSSR count). The van der Waals surface area contributed by atoms with Crippen molar-refractivity contribution in [3.05, 3.63) is 24.3 Å². The van der Waals surface area contributed by atoms with Gasteiger partial charge in [-0.05, 0) is 36.0 Å². The predicted octanol–water partition coefficient (Wildman–Crippen LogP) is 0.446. The normalized spacial score (nSPS) is 19.8. The number of phenols is 1. The molecule has 0 radical (unpaired) electrons. The Bertz CT molecular complexity index is 500. The van der Waals surface area contributed by atoms with Crippen LogP contribution in [0, 0.1) is 0 Å². The SMILES string of the molecule is NC(=O)C1SC(=O)N(c2ccc(O)cc2)C1=O. The maximum Gasteiger partial charge on any atom is 0.294 e. The summed E-state index contributed by atoms with van der Waals surface area (Å²) in [6.07, 6.45) is 0. The van der Waals surface area contributed by atoms with Crippen LogP contribution in [0.15, 0.2) is 24.3 Å². The van der Waals surface area contributed by atoms with Gasteiger partial charge in [-0.25, -0.2) is 4.90 Å². The van der Waals surface area contributed by atoms with E-state index in [9.17, 15) is 14.4 Å². The molecule has 6 nitrogen and oxygen atoms in total. The molecule has 0 aromatic heterocycles. The highest BCUT2D eigenvalue weighted by atomic mass is 32.2. The number of carbonyl (C=O) groups excluding carboxylic acids is 3. The third-order valence-electron chi connectivity index (χ3n) is 2.21. The van der Waals surface area contributed by atoms with Crippen LogP contribution < -0.4 is 10.6 Å². The van der Waals surface area contributed by atoms with E-state index < -0.39 is 22.3 Å². The first-order valence-corrected chi connectivity index (χ1v) is 5.51. The molecule has 1 aliphatic heterocycles. The number of primary amides is 1. The Morgan fingerprint density at radius 2 is 1.88 bits per heavy atom. The number of anilines is 1. The van der Waals surface area contributed by atoms with Gasteiger partial charge in [0, 0.05) is 0 Å². The molecule has 1 aromatic carbocycles. The van der Waals surface area contributed by atoms with Crippen LogP contribution in [-0.4, -0.2) is 27.4 Å². The zero-order valence-electron chi connectivity index (χ0n) is 8.49. The van der Waals surface area contributed by atoms with Gasteiger partial charge in [0.05, 0.1) is 5.69 Å². The topological polar surface area (TPSA) is 101 Å². The average molecular weight is 252 g/mol. The van der Waals surface area contributed by atoms with Crippen LogP contribution in [0.5, 0.6) is 5.75 Å². The zero-order valence-corrected chi connectivity index (χ0v) is 9.31. The highest BCUT2D eigenvalue weighted by molar-refractivity contribution is 8.16. The molecule has 0 saturated carbocycles. The quantitative estimate of drug-likeness (QED) is 0.744. The number of nitrogens with zero attached hydrogens (tertiary/aromatic N) is 1. The van der Waals surface area contributed by atoms with E-state index in [1.807, 2.05) is 0 Å². The Hall–Kier alpha value is -2.02. The van der Waals surface area contributed by atoms with Crippen molar-refractivity contribution in [2.75, 3.05) is 4.90 Å². The first-order valence-electron chi connectivity index (χ1n) is 4.63. The van der Waals surface area contributed by atoms with Crippen molar-refractivity contribution >= 4 is 34.5 Å². The number of rotatable bonds is 2. The van der Waals surface area contributed by atoms with E-state index in [-0.39, 0.29) is 5.75 Å². The zero-order chi connectivity index (χ0) is 12.6. The van der Waals surface area contributed by atoms with Gasteiger partial charge in [-0.1, -0.05) is 0 Å². The molecule has 88 valence electrons. The maximum atomic E-state index is 11.8. The van der Waals surface area contributed by atoms with E-state index in [2.05, 4.69) is 0 Å². The van der Waals surface area contributed by atoms with E-state index in [1.165, 1.54) is 24.3 Å². The van der Waals surface area contributed by atoms with Gasteiger partial charge in [0.15, 0.2) is 5.25 Å². The van der Waals surface area contributed by atoms with Crippen molar-refractivity contribution in [1.29, 1.82) is 0 Å². The Morgan fingerprint density at radius 3 is 2.35 bits per heavy atom. The van der Waals surface area contributed by atoms with E-state index in [0.717, 1.165) is 4.90 Å². The molecule has 1 fully saturated rings. The van der Waals surface area contributed by atoms with Crippen molar-refractivity contribution in [2.45, 2.75) is 5.25 Å². The van der Waals surface area contributed by atoms with E-state index in [4.69, 9.17) is 10.8 Å². The van der Waals surface area contributed by atoms with Gasteiger partial charge in [0.25, 0.3) is 11.1 Å². The van der Waals surface area contributed by atoms with Crippen molar-refractivity contribution < 1.29 is 19.5 Å². The fourth-order valence-electron chi connectivity index (χ4n) is 1.43. The molecule has 1 aromatic rings. The van der Waals surface area contributed by atoms with Crippen molar-refractivity contribution in [3.8, 4) is 5.75 Å². The predicted molar refractivity (Wildman–Crippen MR) is 61.6 cm³/mol. The Balaban J connectivity index is 2.33. The van der Waals surface area contributed by atoms with Crippen molar-refractivity contribution in [1.82, 2.24) is 0 Å². The first kappa shape index (κ1) is 11.5. The number of hydrogen-bond acceptors (Lipinski definition) is 5. The smallest absolute Gasteiger partial charge is 0.294 e. The third-order valence-corrected chi connectivity index (χ3v) is 3.27. The number of aromatic hydroxyl groups is 1. The lowest BCUT2D eigenvalue weighted by molar-refractivity contribution is -0.124. The Labute approximate surface area is 100 Å². The molecule has 7 heteroatoms. The molecular formula is C10H8N2O4S. The molecular weight excluding hydrogens is 244 g/mol. The number of amides is 3. The highest BCUT2D eigenvalue weighted by Crippen LogP contribution is 2.32. The first-order chi connectivity index (χ1) is 8.00. The molecule has 1 unspecified atom stereocenters. The minimum Gasteiger partial charge on any atom is -0.508 e. The van der Waals surface area contributed by atoms with Crippen LogP contribution in [0.25, 0.3) is 0 Å². The summed E-state index contributed by atoms with van der Waals surface area (Å²) >= 11 is 0.589. The summed E-state index contributed by atoms with van der Waals surface area (Å²) in [5, 5.41) is 7.38. The minimum atomic E-state index is -1.17. The average Bonchev–Trinajstić information content (AvgIpc) is 2.56.